The van der Waals surface area contributed by atoms with Crippen LogP contribution in [0.5, 0.6) is 5.75 Å². The van der Waals surface area contributed by atoms with Gasteiger partial charge in [0, 0.05) is 31.1 Å². The number of ether oxygens (including phenoxy) is 1. The Morgan fingerprint density at radius 1 is 1.24 bits per heavy atom. The smallest absolute Gasteiger partial charge is 0.387 e. The first-order chi connectivity index (χ1) is 13.5. The lowest BCUT2D eigenvalue weighted by molar-refractivity contribution is -0.127. The van der Waals surface area contributed by atoms with Crippen LogP contribution in [0.4, 0.5) is 8.78 Å². The zero-order valence-corrected chi connectivity index (χ0v) is 19.3. The first kappa shape index (κ1) is 25.4. The lowest BCUT2D eigenvalue weighted by atomic mass is 9.85. The van der Waals surface area contributed by atoms with Crippen molar-refractivity contribution in [2.75, 3.05) is 19.6 Å². The van der Waals surface area contributed by atoms with Gasteiger partial charge >= 0.3 is 6.61 Å². The predicted octanol–water partition coefficient (Wildman–Crippen LogP) is 3.58. The minimum Gasteiger partial charge on any atom is -0.434 e. The minimum absolute atomic E-state index is 0. The quantitative estimate of drug-likeness (QED) is 0.189. The average Bonchev–Trinajstić information content (AvgIpc) is 2.59. The van der Waals surface area contributed by atoms with Crippen molar-refractivity contribution < 1.29 is 18.3 Å². The van der Waals surface area contributed by atoms with Crippen molar-refractivity contribution in [1.29, 1.82) is 0 Å². The second kappa shape index (κ2) is 13.6. The van der Waals surface area contributed by atoms with Gasteiger partial charge in [0.05, 0.1) is 6.54 Å². The summed E-state index contributed by atoms with van der Waals surface area (Å²) >= 11 is 0. The Morgan fingerprint density at radius 3 is 2.59 bits per heavy atom. The van der Waals surface area contributed by atoms with E-state index in [4.69, 9.17) is 0 Å². The zero-order valence-electron chi connectivity index (χ0n) is 17.0. The summed E-state index contributed by atoms with van der Waals surface area (Å²) < 4.78 is 29.7. The van der Waals surface area contributed by atoms with Gasteiger partial charge in [-0.3, -0.25) is 4.79 Å². The van der Waals surface area contributed by atoms with Gasteiger partial charge in [-0.05, 0) is 39.2 Å². The number of guanidine groups is 1. The Hall–Kier alpha value is -1.65. The molecule has 0 spiro atoms. The van der Waals surface area contributed by atoms with E-state index in [1.807, 2.05) is 13.8 Å². The first-order valence-electron chi connectivity index (χ1n) is 9.83. The summed E-state index contributed by atoms with van der Waals surface area (Å²) in [5.74, 6) is 1.08. The highest BCUT2D eigenvalue weighted by Crippen LogP contribution is 2.26. The van der Waals surface area contributed by atoms with Crippen LogP contribution in [-0.2, 0) is 11.3 Å². The number of amides is 1. The van der Waals surface area contributed by atoms with E-state index >= 15 is 0 Å². The topological polar surface area (TPSA) is 74.8 Å². The maximum Gasteiger partial charge on any atom is 0.387 e. The molecule has 1 aliphatic rings. The second-order valence-electron chi connectivity index (χ2n) is 6.88. The van der Waals surface area contributed by atoms with E-state index in [0.29, 0.717) is 31.2 Å². The largest absolute Gasteiger partial charge is 0.434 e. The van der Waals surface area contributed by atoms with Gasteiger partial charge in [-0.1, -0.05) is 24.1 Å². The summed E-state index contributed by atoms with van der Waals surface area (Å²) in [6, 6.07) is 5.06. The molecule has 1 aromatic rings. The molecule has 2 rings (SSSR count). The molecule has 164 valence electrons. The minimum atomic E-state index is -2.87. The van der Waals surface area contributed by atoms with Crippen LogP contribution in [0.15, 0.2) is 23.2 Å². The van der Waals surface area contributed by atoms with E-state index in [-0.39, 0.29) is 48.1 Å². The molecule has 0 radical (unpaired) electrons. The molecule has 1 saturated carbocycles. The van der Waals surface area contributed by atoms with Gasteiger partial charge in [0.25, 0.3) is 0 Å². The molecule has 0 heterocycles. The average molecular weight is 524 g/mol. The number of rotatable bonds is 10. The van der Waals surface area contributed by atoms with Crippen LogP contribution in [0.3, 0.4) is 0 Å². The molecule has 1 aromatic carbocycles. The van der Waals surface area contributed by atoms with Crippen molar-refractivity contribution in [2.24, 2.45) is 10.9 Å². The molecule has 0 bridgehead atoms. The Bertz CT molecular complexity index is 670. The van der Waals surface area contributed by atoms with Crippen molar-refractivity contribution in [3.8, 4) is 5.75 Å². The number of nitrogens with one attached hydrogen (secondary N) is 3. The molecule has 0 aromatic heterocycles. The third-order valence-electron chi connectivity index (χ3n) is 4.60. The third kappa shape index (κ3) is 9.14. The number of aliphatic imine (C=N–C) groups is 1. The van der Waals surface area contributed by atoms with Crippen LogP contribution in [0, 0.1) is 12.8 Å². The maximum atomic E-state index is 12.6. The number of hydrogen-bond acceptors (Lipinski definition) is 3. The molecule has 29 heavy (non-hydrogen) atoms. The van der Waals surface area contributed by atoms with E-state index in [1.54, 1.807) is 12.1 Å². The fourth-order valence-corrected chi connectivity index (χ4v) is 2.87. The molecule has 0 atom stereocenters. The van der Waals surface area contributed by atoms with Crippen molar-refractivity contribution in [2.45, 2.75) is 52.7 Å². The van der Waals surface area contributed by atoms with Crippen LogP contribution < -0.4 is 20.7 Å². The van der Waals surface area contributed by atoms with Crippen molar-refractivity contribution in [3.63, 3.8) is 0 Å². The number of hydrogen-bond donors (Lipinski definition) is 3. The van der Waals surface area contributed by atoms with E-state index in [1.165, 1.54) is 6.07 Å². The fraction of sp³-hybridized carbons (Fsp3) is 0.600. The molecular weight excluding hydrogens is 493 g/mol. The molecular formula is C20H31F2IN4O2. The van der Waals surface area contributed by atoms with E-state index in [0.717, 1.165) is 31.2 Å². The molecule has 0 unspecified atom stereocenters. The van der Waals surface area contributed by atoms with Crippen molar-refractivity contribution >= 4 is 35.8 Å². The number of nitrogens with zero attached hydrogens (tertiary/aromatic N) is 1. The van der Waals surface area contributed by atoms with Gasteiger partial charge in [-0.2, -0.15) is 8.78 Å². The summed E-state index contributed by atoms with van der Waals surface area (Å²) in [4.78, 5) is 16.2. The van der Waals surface area contributed by atoms with E-state index in [9.17, 15) is 13.6 Å². The monoisotopic (exact) mass is 524 g/mol. The summed E-state index contributed by atoms with van der Waals surface area (Å²) in [6.45, 7) is 3.13. The van der Waals surface area contributed by atoms with Crippen LogP contribution in [0.1, 0.15) is 43.7 Å². The Kier molecular flexibility index (Phi) is 11.9. The Labute approximate surface area is 188 Å². The van der Waals surface area contributed by atoms with Crippen molar-refractivity contribution in [3.05, 3.63) is 29.3 Å². The highest BCUT2D eigenvalue weighted by atomic mass is 127. The number of aryl methyl sites for hydroxylation is 1. The SMILES string of the molecule is CCNC(=NCc1cc(C)ccc1OC(F)F)NCCCNC(=O)C1CCC1.I. The third-order valence-corrected chi connectivity index (χ3v) is 4.60. The maximum absolute atomic E-state index is 12.6. The Balaban J connectivity index is 0.00000420. The first-order valence-corrected chi connectivity index (χ1v) is 9.83. The van der Waals surface area contributed by atoms with Gasteiger partial charge in [-0.25, -0.2) is 4.99 Å². The van der Waals surface area contributed by atoms with Gasteiger partial charge in [0.2, 0.25) is 5.91 Å². The molecule has 3 N–H and O–H groups in total. The number of carbonyl (C=O) groups excluding carboxylic acids is 1. The van der Waals surface area contributed by atoms with Gasteiger partial charge in [-0.15, -0.1) is 24.0 Å². The summed E-state index contributed by atoms with van der Waals surface area (Å²) in [5, 5.41) is 9.28. The highest BCUT2D eigenvalue weighted by molar-refractivity contribution is 14.0. The zero-order chi connectivity index (χ0) is 20.4. The number of alkyl halides is 2. The lowest BCUT2D eigenvalue weighted by Gasteiger charge is -2.24. The second-order valence-corrected chi connectivity index (χ2v) is 6.88. The standard InChI is InChI=1S/C20H30F2N4O2.HI/c1-3-23-20(25-11-5-10-24-18(27)15-6-4-7-15)26-13-16-12-14(2)8-9-17(16)28-19(21)22;/h8-9,12,15,19H,3-7,10-11,13H2,1-2H3,(H,24,27)(H2,23,25,26);1H. The van der Waals surface area contributed by atoms with Gasteiger partial charge < -0.3 is 20.7 Å². The Morgan fingerprint density at radius 2 is 1.97 bits per heavy atom. The molecule has 9 heteroatoms. The lowest BCUT2D eigenvalue weighted by Crippen LogP contribution is -2.39. The van der Waals surface area contributed by atoms with Crippen LogP contribution in [0.25, 0.3) is 0 Å². The number of benzene rings is 1. The van der Waals surface area contributed by atoms with E-state index < -0.39 is 6.61 Å². The number of carbonyl (C=O) groups is 1. The summed E-state index contributed by atoms with van der Waals surface area (Å²) in [6.07, 6.45) is 3.91. The van der Waals surface area contributed by atoms with Gasteiger partial charge in [0.15, 0.2) is 5.96 Å². The predicted molar refractivity (Wildman–Crippen MR) is 121 cm³/mol. The van der Waals surface area contributed by atoms with Crippen LogP contribution in [-0.4, -0.2) is 38.1 Å². The molecule has 1 fully saturated rings. The van der Waals surface area contributed by atoms with Crippen molar-refractivity contribution in [1.82, 2.24) is 16.0 Å². The molecule has 0 saturated heterocycles. The van der Waals surface area contributed by atoms with E-state index in [2.05, 4.69) is 25.7 Å². The normalized spacial score (nSPS) is 14.0. The van der Waals surface area contributed by atoms with Crippen LogP contribution in [0.2, 0.25) is 0 Å². The van der Waals surface area contributed by atoms with Crippen LogP contribution >= 0.6 is 24.0 Å². The fourth-order valence-electron chi connectivity index (χ4n) is 2.87. The highest BCUT2D eigenvalue weighted by Gasteiger charge is 2.24. The summed E-state index contributed by atoms with van der Waals surface area (Å²) in [7, 11) is 0. The number of halogens is 3. The molecule has 1 aliphatic carbocycles. The molecule has 1 amide bonds. The summed E-state index contributed by atoms with van der Waals surface area (Å²) in [5.41, 5.74) is 1.55. The molecule has 6 nitrogen and oxygen atoms in total. The molecule has 0 aliphatic heterocycles. The van der Waals surface area contributed by atoms with Gasteiger partial charge in [0.1, 0.15) is 5.75 Å².